The van der Waals surface area contributed by atoms with E-state index in [-0.39, 0.29) is 5.91 Å². The van der Waals surface area contributed by atoms with Crippen molar-refractivity contribution >= 4 is 27.6 Å². The number of hydrogen-bond acceptors (Lipinski definition) is 3. The Bertz CT molecular complexity index is 827. The van der Waals surface area contributed by atoms with Crippen molar-refractivity contribution in [2.75, 3.05) is 7.11 Å². The van der Waals surface area contributed by atoms with E-state index in [2.05, 4.69) is 16.4 Å². The maximum absolute atomic E-state index is 11.2. The third kappa shape index (κ3) is 2.52. The van der Waals surface area contributed by atoms with Crippen LogP contribution in [0.15, 0.2) is 42.5 Å². The lowest BCUT2D eigenvalue weighted by atomic mass is 10.0. The van der Waals surface area contributed by atoms with Gasteiger partial charge in [0.2, 0.25) is 5.91 Å². The first-order valence-electron chi connectivity index (χ1n) is 6.79. The minimum atomic E-state index is -0.0685. The van der Waals surface area contributed by atoms with Crippen LogP contribution in [0.25, 0.3) is 21.7 Å². The Hall–Kier alpha value is -2.62. The number of para-hydroxylation sites is 1. The maximum Gasteiger partial charge on any atom is 0.217 e. The van der Waals surface area contributed by atoms with E-state index in [0.717, 1.165) is 33.1 Å². The number of nitrogens with one attached hydrogen (secondary N) is 1. The molecule has 0 fully saturated rings. The van der Waals surface area contributed by atoms with Crippen LogP contribution in [0.3, 0.4) is 0 Å². The van der Waals surface area contributed by atoms with Gasteiger partial charge in [-0.2, -0.15) is 0 Å². The van der Waals surface area contributed by atoms with Gasteiger partial charge in [0, 0.05) is 17.7 Å². The van der Waals surface area contributed by atoms with Gasteiger partial charge in [0.25, 0.3) is 0 Å². The van der Waals surface area contributed by atoms with Crippen molar-refractivity contribution in [1.29, 1.82) is 0 Å². The van der Waals surface area contributed by atoms with E-state index in [4.69, 9.17) is 4.74 Å². The van der Waals surface area contributed by atoms with Gasteiger partial charge < -0.3 is 10.1 Å². The molecule has 3 aromatic rings. The quantitative estimate of drug-likeness (QED) is 0.750. The van der Waals surface area contributed by atoms with E-state index >= 15 is 0 Å². The van der Waals surface area contributed by atoms with Crippen molar-refractivity contribution in [1.82, 2.24) is 10.3 Å². The SMILES string of the molecule is COc1ccc2c(c1)c(CNC(C)=O)nc1ccccc12. The van der Waals surface area contributed by atoms with Gasteiger partial charge in [0.1, 0.15) is 5.75 Å². The van der Waals surface area contributed by atoms with Gasteiger partial charge in [0.15, 0.2) is 0 Å². The molecule has 3 rings (SSSR count). The lowest BCUT2D eigenvalue weighted by molar-refractivity contribution is -0.119. The molecular formula is C17H16N2O2. The number of fused-ring (bicyclic) bond motifs is 3. The summed E-state index contributed by atoms with van der Waals surface area (Å²) in [7, 11) is 1.64. The summed E-state index contributed by atoms with van der Waals surface area (Å²) in [6, 6.07) is 13.9. The van der Waals surface area contributed by atoms with Crippen molar-refractivity contribution in [3.05, 3.63) is 48.2 Å². The molecular weight excluding hydrogens is 264 g/mol. The predicted octanol–water partition coefficient (Wildman–Crippen LogP) is 3.03. The molecule has 4 nitrogen and oxygen atoms in total. The number of hydrogen-bond donors (Lipinski definition) is 1. The average molecular weight is 280 g/mol. The van der Waals surface area contributed by atoms with E-state index in [9.17, 15) is 4.79 Å². The summed E-state index contributed by atoms with van der Waals surface area (Å²) >= 11 is 0. The van der Waals surface area contributed by atoms with Gasteiger partial charge in [0.05, 0.1) is 24.9 Å². The zero-order valence-corrected chi connectivity index (χ0v) is 12.0. The lowest BCUT2D eigenvalue weighted by Gasteiger charge is -2.11. The van der Waals surface area contributed by atoms with Gasteiger partial charge in [-0.3, -0.25) is 9.78 Å². The first kappa shape index (κ1) is 13.4. The first-order valence-corrected chi connectivity index (χ1v) is 6.79. The molecule has 2 aromatic carbocycles. The molecule has 0 radical (unpaired) electrons. The van der Waals surface area contributed by atoms with Crippen LogP contribution in [0, 0.1) is 0 Å². The summed E-state index contributed by atoms with van der Waals surface area (Å²) in [5.41, 5.74) is 1.77. The molecule has 0 aliphatic heterocycles. The molecule has 0 saturated carbocycles. The van der Waals surface area contributed by atoms with E-state index in [1.807, 2.05) is 36.4 Å². The molecule has 1 N–H and O–H groups in total. The first-order chi connectivity index (χ1) is 10.2. The number of ether oxygens (including phenoxy) is 1. The molecule has 1 aromatic heterocycles. The van der Waals surface area contributed by atoms with Crippen LogP contribution in [0.1, 0.15) is 12.6 Å². The molecule has 21 heavy (non-hydrogen) atoms. The number of nitrogens with zero attached hydrogens (tertiary/aromatic N) is 1. The summed E-state index contributed by atoms with van der Waals surface area (Å²) in [4.78, 5) is 15.9. The van der Waals surface area contributed by atoms with Crippen LogP contribution in [-0.2, 0) is 11.3 Å². The second-order valence-corrected chi connectivity index (χ2v) is 4.90. The maximum atomic E-state index is 11.2. The Labute approximate surface area is 122 Å². The zero-order chi connectivity index (χ0) is 14.8. The predicted molar refractivity (Wildman–Crippen MR) is 83.3 cm³/mol. The molecule has 106 valence electrons. The number of rotatable bonds is 3. The Morgan fingerprint density at radius 3 is 2.71 bits per heavy atom. The second-order valence-electron chi connectivity index (χ2n) is 4.90. The van der Waals surface area contributed by atoms with Crippen LogP contribution >= 0.6 is 0 Å². The summed E-state index contributed by atoms with van der Waals surface area (Å²) < 4.78 is 5.30. The van der Waals surface area contributed by atoms with Crippen LogP contribution in [0.5, 0.6) is 5.75 Å². The molecule has 1 heterocycles. The van der Waals surface area contributed by atoms with Crippen molar-refractivity contribution in [2.45, 2.75) is 13.5 Å². The van der Waals surface area contributed by atoms with Gasteiger partial charge in [-0.05, 0) is 29.7 Å². The smallest absolute Gasteiger partial charge is 0.217 e. The van der Waals surface area contributed by atoms with Crippen molar-refractivity contribution < 1.29 is 9.53 Å². The number of carbonyl (C=O) groups is 1. The van der Waals surface area contributed by atoms with E-state index in [0.29, 0.717) is 6.54 Å². The third-order valence-corrected chi connectivity index (χ3v) is 3.49. The molecule has 0 spiro atoms. The zero-order valence-electron chi connectivity index (χ0n) is 12.0. The normalized spacial score (nSPS) is 10.8. The van der Waals surface area contributed by atoms with Crippen molar-refractivity contribution in [3.8, 4) is 5.75 Å². The highest BCUT2D eigenvalue weighted by Gasteiger charge is 2.09. The van der Waals surface area contributed by atoms with Crippen molar-refractivity contribution in [2.24, 2.45) is 0 Å². The number of methoxy groups -OCH3 is 1. The Morgan fingerprint density at radius 1 is 1.14 bits per heavy atom. The Balaban J connectivity index is 2.27. The van der Waals surface area contributed by atoms with Crippen molar-refractivity contribution in [3.63, 3.8) is 0 Å². The molecule has 0 aliphatic rings. The number of aromatic nitrogens is 1. The molecule has 0 atom stereocenters. The minimum absolute atomic E-state index is 0.0685. The summed E-state index contributed by atoms with van der Waals surface area (Å²) in [5.74, 6) is 0.713. The fraction of sp³-hybridized carbons (Fsp3) is 0.176. The largest absolute Gasteiger partial charge is 0.497 e. The highest BCUT2D eigenvalue weighted by atomic mass is 16.5. The summed E-state index contributed by atoms with van der Waals surface area (Å²) in [6.45, 7) is 1.91. The van der Waals surface area contributed by atoms with Crippen LogP contribution < -0.4 is 10.1 Å². The monoisotopic (exact) mass is 280 g/mol. The number of pyridine rings is 1. The van der Waals surface area contributed by atoms with Gasteiger partial charge in [-0.1, -0.05) is 18.2 Å². The standard InChI is InChI=1S/C17H16N2O2/c1-11(20)18-10-17-15-9-12(21-2)7-8-13(15)14-5-3-4-6-16(14)19-17/h3-9H,10H2,1-2H3,(H,18,20). The Morgan fingerprint density at radius 2 is 1.95 bits per heavy atom. The third-order valence-electron chi connectivity index (χ3n) is 3.49. The van der Waals surface area contributed by atoms with Crippen LogP contribution in [-0.4, -0.2) is 18.0 Å². The molecule has 0 saturated heterocycles. The van der Waals surface area contributed by atoms with E-state index in [1.165, 1.54) is 6.92 Å². The average Bonchev–Trinajstić information content (AvgIpc) is 2.52. The molecule has 1 amide bonds. The van der Waals surface area contributed by atoms with Crippen LogP contribution in [0.2, 0.25) is 0 Å². The fourth-order valence-electron chi connectivity index (χ4n) is 2.47. The lowest BCUT2D eigenvalue weighted by Crippen LogP contribution is -2.19. The number of benzene rings is 2. The van der Waals surface area contributed by atoms with Gasteiger partial charge in [-0.25, -0.2) is 0 Å². The molecule has 0 aliphatic carbocycles. The van der Waals surface area contributed by atoms with Crippen LogP contribution in [0.4, 0.5) is 0 Å². The summed E-state index contributed by atoms with van der Waals surface area (Å²) in [5, 5.41) is 6.03. The number of amides is 1. The highest BCUT2D eigenvalue weighted by molar-refractivity contribution is 6.07. The summed E-state index contributed by atoms with van der Waals surface area (Å²) in [6.07, 6.45) is 0. The molecule has 0 unspecified atom stereocenters. The van der Waals surface area contributed by atoms with Gasteiger partial charge in [-0.15, -0.1) is 0 Å². The van der Waals surface area contributed by atoms with E-state index in [1.54, 1.807) is 7.11 Å². The molecule has 4 heteroatoms. The topological polar surface area (TPSA) is 51.2 Å². The minimum Gasteiger partial charge on any atom is -0.497 e. The second kappa shape index (κ2) is 5.40. The van der Waals surface area contributed by atoms with E-state index < -0.39 is 0 Å². The fourth-order valence-corrected chi connectivity index (χ4v) is 2.47. The highest BCUT2D eigenvalue weighted by Crippen LogP contribution is 2.29. The van der Waals surface area contributed by atoms with Gasteiger partial charge >= 0.3 is 0 Å². The molecule has 0 bridgehead atoms. The Kier molecular flexibility index (Phi) is 3.44. The number of carbonyl (C=O) groups excluding carboxylic acids is 1.